The molecule has 2 saturated heterocycles. The Kier molecular flexibility index (Phi) is 9.93. The number of nitrogens with one attached hydrogen (secondary N) is 4. The van der Waals surface area contributed by atoms with Crippen molar-refractivity contribution in [3.63, 3.8) is 0 Å². The van der Waals surface area contributed by atoms with E-state index in [1.807, 2.05) is 12.1 Å². The summed E-state index contributed by atoms with van der Waals surface area (Å²) in [5.74, 6) is 3.43. The van der Waals surface area contributed by atoms with Crippen LogP contribution in [0.15, 0.2) is 54.6 Å². The van der Waals surface area contributed by atoms with Crippen LogP contribution < -0.4 is 21.3 Å². The Hall–Kier alpha value is -5.09. The Bertz CT molecular complexity index is 2540. The van der Waals surface area contributed by atoms with E-state index >= 15 is 4.39 Å². The van der Waals surface area contributed by atoms with Gasteiger partial charge < -0.3 is 15.5 Å². The monoisotopic (exact) mass is 877 g/mol. The van der Waals surface area contributed by atoms with Gasteiger partial charge in [0.25, 0.3) is 5.91 Å². The van der Waals surface area contributed by atoms with Crippen LogP contribution in [0.1, 0.15) is 122 Å². The number of carbonyl (C=O) groups is 6. The Morgan fingerprint density at radius 3 is 2.50 bits per heavy atom. The van der Waals surface area contributed by atoms with Gasteiger partial charge in [0.05, 0.1) is 16.5 Å². The number of Topliss-reactive ketones (excluding diaryl/α,β-unsaturated/α-hetero) is 1. The molecule has 8 aliphatic rings. The van der Waals surface area contributed by atoms with Gasteiger partial charge in [-0.1, -0.05) is 78.6 Å². The number of carbonyl (C=O) groups excluding carboxylic acids is 6. The lowest BCUT2D eigenvalue weighted by Gasteiger charge is -2.69. The van der Waals surface area contributed by atoms with Crippen LogP contribution in [-0.4, -0.2) is 64.4 Å². The molecule has 14 heteroatoms. The zero-order chi connectivity index (χ0) is 43.2. The number of unbranched alkanes of at least 4 members (excludes halogenated alkanes) is 1. The summed E-state index contributed by atoms with van der Waals surface area (Å²) >= 11 is 12.8. The molecule has 0 aromatic heterocycles. The van der Waals surface area contributed by atoms with Gasteiger partial charge in [-0.05, 0) is 97.4 Å². The second-order valence-electron chi connectivity index (χ2n) is 18.7. The van der Waals surface area contributed by atoms with E-state index in [1.165, 1.54) is 11.0 Å². The summed E-state index contributed by atoms with van der Waals surface area (Å²) in [4.78, 5) is 81.8. The normalized spacial score (nSPS) is 29.9. The molecule has 11 rings (SSSR count). The summed E-state index contributed by atoms with van der Waals surface area (Å²) in [6.07, 6.45) is 7.59. The zero-order valence-corrected chi connectivity index (χ0v) is 35.6. The first-order valence-electron chi connectivity index (χ1n) is 21.7. The van der Waals surface area contributed by atoms with Gasteiger partial charge in [0.1, 0.15) is 17.3 Å². The number of rotatable bonds is 9. The minimum absolute atomic E-state index is 0.0245. The summed E-state index contributed by atoms with van der Waals surface area (Å²) in [6, 6.07) is 13.9. The van der Waals surface area contributed by atoms with Crippen molar-refractivity contribution in [1.82, 2.24) is 20.9 Å². The van der Waals surface area contributed by atoms with Crippen LogP contribution >= 0.6 is 23.2 Å². The van der Waals surface area contributed by atoms with E-state index in [9.17, 15) is 28.8 Å². The third-order valence-corrected chi connectivity index (χ3v) is 15.6. The molecule has 4 aliphatic heterocycles. The first-order valence-corrected chi connectivity index (χ1v) is 22.5. The van der Waals surface area contributed by atoms with Crippen molar-refractivity contribution < 1.29 is 33.2 Å². The molecule has 4 aliphatic carbocycles. The maximum absolute atomic E-state index is 16.3. The highest BCUT2D eigenvalue weighted by atomic mass is 35.5. The van der Waals surface area contributed by atoms with E-state index in [0.717, 1.165) is 24.8 Å². The highest BCUT2D eigenvalue weighted by molar-refractivity contribution is 6.31. The molecule has 4 N–H and O–H groups in total. The second kappa shape index (κ2) is 15.0. The maximum atomic E-state index is 16.3. The largest absolute Gasteiger partial charge is 0.356 e. The molecule has 3 aromatic rings. The molecule has 2 bridgehead atoms. The SMILES string of the molecule is O=C1CCC(N2Cc3c(C#CCCCNC(=O)C45CC(CC(=O)[C@@H]6NC7(CCCCC7)[C@@]7(C(=O)Nc8cc(Cl)ccc87)[C@H]6c6cccc(Cl)c6F)(C4)C5)cccc3C2=O)C(=O)N1. The predicted molar refractivity (Wildman–Crippen MR) is 229 cm³/mol. The third-order valence-electron chi connectivity index (χ3n) is 15.1. The lowest BCUT2D eigenvalue weighted by molar-refractivity contribution is -0.210. The zero-order valence-electron chi connectivity index (χ0n) is 34.1. The number of nitrogens with zero attached hydrogens (tertiary/aromatic N) is 1. The van der Waals surface area contributed by atoms with Crippen LogP contribution in [-0.2, 0) is 35.9 Å². The summed E-state index contributed by atoms with van der Waals surface area (Å²) in [7, 11) is 0. The highest BCUT2D eigenvalue weighted by Gasteiger charge is 2.75. The fourth-order valence-electron chi connectivity index (χ4n) is 12.6. The van der Waals surface area contributed by atoms with Crippen LogP contribution in [0.2, 0.25) is 10.0 Å². The van der Waals surface area contributed by atoms with Crippen molar-refractivity contribution in [2.45, 2.75) is 119 Å². The van der Waals surface area contributed by atoms with E-state index in [2.05, 4.69) is 33.1 Å². The van der Waals surface area contributed by atoms with Crippen molar-refractivity contribution in [3.8, 4) is 11.8 Å². The van der Waals surface area contributed by atoms with E-state index in [1.54, 1.807) is 36.4 Å². The molecule has 2 spiro atoms. The molecule has 6 fully saturated rings. The number of halogens is 3. The minimum Gasteiger partial charge on any atom is -0.356 e. The molecular formula is C48H46Cl2FN5O6. The molecule has 0 radical (unpaired) electrons. The van der Waals surface area contributed by atoms with Gasteiger partial charge in [0, 0.05) is 65.6 Å². The minimum atomic E-state index is -1.29. The molecule has 11 nitrogen and oxygen atoms in total. The molecular weight excluding hydrogens is 832 g/mol. The summed E-state index contributed by atoms with van der Waals surface area (Å²) in [5, 5.41) is 12.6. The molecule has 3 aromatic carbocycles. The van der Waals surface area contributed by atoms with Crippen molar-refractivity contribution >= 4 is 64.2 Å². The lowest BCUT2D eigenvalue weighted by Crippen LogP contribution is -2.68. The number of hydrogen-bond donors (Lipinski definition) is 4. The first kappa shape index (κ1) is 41.0. The van der Waals surface area contributed by atoms with Crippen LogP contribution in [0, 0.1) is 28.5 Å². The number of ketones is 1. The van der Waals surface area contributed by atoms with E-state index in [0.29, 0.717) is 78.9 Å². The molecule has 5 amide bonds. The Morgan fingerprint density at radius 2 is 1.73 bits per heavy atom. The Labute approximate surface area is 368 Å². The average Bonchev–Trinajstić information content (AvgIpc) is 3.81. The number of anilines is 1. The van der Waals surface area contributed by atoms with Gasteiger partial charge in [-0.3, -0.25) is 39.4 Å². The Balaban J connectivity index is 0.790. The van der Waals surface area contributed by atoms with Gasteiger partial charge in [-0.25, -0.2) is 4.39 Å². The third kappa shape index (κ3) is 6.16. The number of piperidine rings is 1. The topological polar surface area (TPSA) is 154 Å². The van der Waals surface area contributed by atoms with Crippen molar-refractivity contribution in [1.29, 1.82) is 0 Å². The lowest BCUT2D eigenvalue weighted by atomic mass is 9.33. The van der Waals surface area contributed by atoms with E-state index < -0.39 is 46.1 Å². The van der Waals surface area contributed by atoms with Gasteiger partial charge in [-0.2, -0.15) is 0 Å². The smallest absolute Gasteiger partial charge is 0.255 e. The number of benzene rings is 3. The van der Waals surface area contributed by atoms with Crippen LogP contribution in [0.3, 0.4) is 0 Å². The van der Waals surface area contributed by atoms with Gasteiger partial charge >= 0.3 is 0 Å². The van der Waals surface area contributed by atoms with Gasteiger partial charge in [0.2, 0.25) is 23.6 Å². The van der Waals surface area contributed by atoms with Crippen molar-refractivity contribution in [3.05, 3.63) is 98.3 Å². The van der Waals surface area contributed by atoms with Crippen LogP contribution in [0.25, 0.3) is 0 Å². The van der Waals surface area contributed by atoms with E-state index in [-0.39, 0.29) is 71.2 Å². The van der Waals surface area contributed by atoms with E-state index in [4.69, 9.17) is 23.2 Å². The summed E-state index contributed by atoms with van der Waals surface area (Å²) in [5.41, 5.74) is 0.571. The quantitative estimate of drug-likeness (QED) is 0.107. The van der Waals surface area contributed by atoms with Crippen molar-refractivity contribution in [2.24, 2.45) is 10.8 Å². The second-order valence-corrected chi connectivity index (χ2v) is 19.5. The highest BCUT2D eigenvalue weighted by Crippen LogP contribution is 2.75. The first-order chi connectivity index (χ1) is 29.8. The number of fused-ring (bicyclic) bond motifs is 4. The number of imide groups is 1. The number of hydrogen-bond acceptors (Lipinski definition) is 7. The summed E-state index contributed by atoms with van der Waals surface area (Å²) in [6.45, 7) is 0.686. The summed E-state index contributed by atoms with van der Waals surface area (Å²) < 4.78 is 16.3. The molecule has 320 valence electrons. The van der Waals surface area contributed by atoms with Crippen molar-refractivity contribution in [2.75, 3.05) is 11.9 Å². The standard InChI is InChI=1S/C48H46Cl2FN5O6/c49-28-14-15-32-34(21-28)53-44(62)48(32)38(30-12-8-13-33(50)39(30)51)40(55-47(48)18-4-2-5-19-47)36(57)22-45-24-46(25-45,26-45)43(61)52-20-6-1-3-9-27-10-7-11-29-31(27)23-56(42(29)60)35-16-17-37(58)54-41(35)59/h7-8,10-15,21,35,38,40,55H,1-2,4-6,16-20,22-26H2,(H,52,61)(H,53,62)(H,54,58,59)/t35?,38-,40-,45?,46?,48+/m0/s1. The Morgan fingerprint density at radius 1 is 0.952 bits per heavy atom. The molecule has 4 heterocycles. The average molecular weight is 879 g/mol. The van der Waals surface area contributed by atoms with Crippen LogP contribution in [0.4, 0.5) is 10.1 Å². The fourth-order valence-corrected chi connectivity index (χ4v) is 13.0. The molecule has 4 atom stereocenters. The fraction of sp³-hybridized carbons (Fsp3) is 0.458. The van der Waals surface area contributed by atoms with Crippen LogP contribution in [0.5, 0.6) is 0 Å². The predicted octanol–water partition coefficient (Wildman–Crippen LogP) is 6.62. The molecule has 1 unspecified atom stereocenters. The molecule has 62 heavy (non-hydrogen) atoms. The van der Waals surface area contributed by atoms with Gasteiger partial charge in [0.15, 0.2) is 5.78 Å². The number of amides is 5. The maximum Gasteiger partial charge on any atom is 0.255 e. The molecule has 4 saturated carbocycles. The van der Waals surface area contributed by atoms with Gasteiger partial charge in [-0.15, -0.1) is 0 Å².